The molecule has 0 aliphatic rings. The molecule has 2 N–H and O–H groups in total. The van der Waals surface area contributed by atoms with Crippen LogP contribution in [-0.2, 0) is 0 Å². The van der Waals surface area contributed by atoms with E-state index in [0.29, 0.717) is 28.7 Å². The lowest BCUT2D eigenvalue weighted by atomic mass is 10.0. The number of hydrogen-bond donors (Lipinski definition) is 2. The summed E-state index contributed by atoms with van der Waals surface area (Å²) < 4.78 is 12.4. The molecule has 0 radical (unpaired) electrons. The number of pyridine rings is 2. The van der Waals surface area contributed by atoms with Crippen LogP contribution in [0.1, 0.15) is 34.8 Å². The Kier molecular flexibility index (Phi) is 7.72. The van der Waals surface area contributed by atoms with Crippen LogP contribution >= 0.6 is 0 Å². The molecule has 0 bridgehead atoms. The maximum absolute atomic E-state index is 11.2. The zero-order valence-electron chi connectivity index (χ0n) is 22.8. The molecule has 5 rings (SSSR count). The molecule has 3 aromatic heterocycles. The molecule has 9 heteroatoms. The molecule has 2 aromatic carbocycles. The van der Waals surface area contributed by atoms with Crippen LogP contribution in [0, 0.1) is 6.92 Å². The van der Waals surface area contributed by atoms with E-state index in [9.17, 15) is 4.79 Å². The Hall–Kier alpha value is -5.18. The van der Waals surface area contributed by atoms with Crippen molar-refractivity contribution in [1.29, 1.82) is 0 Å². The highest BCUT2D eigenvalue weighted by Gasteiger charge is 2.13. The largest absolute Gasteiger partial charge is 0.491 e. The second-order valence-electron chi connectivity index (χ2n) is 9.12. The molecular weight excluding hydrogens is 504 g/mol. The van der Waals surface area contributed by atoms with Crippen molar-refractivity contribution in [2.45, 2.75) is 20.3 Å². The van der Waals surface area contributed by atoms with Gasteiger partial charge >= 0.3 is 0 Å². The fraction of sp³-hybridized carbons (Fsp3) is 0.161. The Morgan fingerprint density at radius 1 is 1.02 bits per heavy atom. The van der Waals surface area contributed by atoms with Gasteiger partial charge in [-0.3, -0.25) is 4.79 Å². The molecule has 0 atom stereocenters. The summed E-state index contributed by atoms with van der Waals surface area (Å²) in [5.74, 6) is 1.51. The number of aromatic nitrogens is 4. The number of aryl methyl sites for hydroxylation is 1. The number of nitrogens with zero attached hydrogens (tertiary/aromatic N) is 4. The maximum Gasteiger partial charge on any atom is 0.258 e. The number of benzene rings is 2. The normalized spacial score (nSPS) is 11.3. The molecule has 202 valence electrons. The molecule has 0 unspecified atom stereocenters. The second kappa shape index (κ2) is 11.7. The Labute approximate surface area is 232 Å². The maximum atomic E-state index is 11.2. The second-order valence-corrected chi connectivity index (χ2v) is 9.12. The van der Waals surface area contributed by atoms with E-state index >= 15 is 0 Å². The number of aldehydes is 1. The monoisotopic (exact) mass is 534 g/mol. The molecule has 5 aromatic rings. The number of allylic oxidation sites excluding steroid dienone is 1. The lowest BCUT2D eigenvalue weighted by Crippen LogP contribution is -2.02. The number of hydrogen-bond acceptors (Lipinski definition) is 8. The van der Waals surface area contributed by atoms with E-state index in [1.54, 1.807) is 24.8 Å². The molecule has 0 fully saturated rings. The van der Waals surface area contributed by atoms with Gasteiger partial charge in [0, 0.05) is 28.7 Å². The molecule has 0 spiro atoms. The topological polar surface area (TPSA) is 103 Å². The number of nitrogens with one attached hydrogen (secondary N) is 2. The first-order chi connectivity index (χ1) is 19.5. The third-order valence-corrected chi connectivity index (χ3v) is 6.47. The summed E-state index contributed by atoms with van der Waals surface area (Å²) in [5.41, 5.74) is 7.92. The van der Waals surface area contributed by atoms with Gasteiger partial charge in [0.25, 0.3) is 5.88 Å². The average molecular weight is 535 g/mol. The molecule has 40 heavy (non-hydrogen) atoms. The Morgan fingerprint density at radius 3 is 2.65 bits per heavy atom. The van der Waals surface area contributed by atoms with Crippen molar-refractivity contribution in [2.24, 2.45) is 0 Å². The number of carbonyl (C=O) groups excluding carboxylic acids is 1. The van der Waals surface area contributed by atoms with Gasteiger partial charge in [-0.1, -0.05) is 31.2 Å². The summed E-state index contributed by atoms with van der Waals surface area (Å²) in [7, 11) is 3.13. The minimum absolute atomic E-state index is 0.382. The van der Waals surface area contributed by atoms with Gasteiger partial charge in [0.15, 0.2) is 11.4 Å². The smallest absolute Gasteiger partial charge is 0.258 e. The summed E-state index contributed by atoms with van der Waals surface area (Å²) in [6.07, 6.45) is 7.36. The molecule has 0 saturated carbocycles. The van der Waals surface area contributed by atoms with Crippen molar-refractivity contribution < 1.29 is 14.3 Å². The number of fused-ring (bicyclic) bond motifs is 1. The van der Waals surface area contributed by atoms with Crippen molar-refractivity contribution in [2.75, 3.05) is 24.9 Å². The van der Waals surface area contributed by atoms with Crippen LogP contribution in [0.5, 0.6) is 11.6 Å². The number of methoxy groups -OCH3 is 2. The van der Waals surface area contributed by atoms with Crippen LogP contribution < -0.4 is 20.1 Å². The average Bonchev–Trinajstić information content (AvgIpc) is 3.46. The van der Waals surface area contributed by atoms with E-state index in [0.717, 1.165) is 52.0 Å². The first-order valence-electron chi connectivity index (χ1n) is 12.9. The lowest BCUT2D eigenvalue weighted by Gasteiger charge is -2.15. The highest BCUT2D eigenvalue weighted by atomic mass is 16.5. The fourth-order valence-corrected chi connectivity index (χ4v) is 4.47. The van der Waals surface area contributed by atoms with Crippen molar-refractivity contribution in [3.05, 3.63) is 96.0 Å². The summed E-state index contributed by atoms with van der Waals surface area (Å²) in [4.78, 5) is 20.2. The third kappa shape index (κ3) is 5.49. The van der Waals surface area contributed by atoms with E-state index in [4.69, 9.17) is 9.47 Å². The summed E-state index contributed by atoms with van der Waals surface area (Å²) in [6, 6.07) is 19.7. The molecule has 0 aliphatic heterocycles. The zero-order valence-corrected chi connectivity index (χ0v) is 22.8. The highest BCUT2D eigenvalue weighted by Crippen LogP contribution is 2.32. The van der Waals surface area contributed by atoms with E-state index in [1.165, 1.54) is 6.33 Å². The number of rotatable bonds is 10. The van der Waals surface area contributed by atoms with Crippen LogP contribution in [0.2, 0.25) is 0 Å². The van der Waals surface area contributed by atoms with Gasteiger partial charge in [0.2, 0.25) is 0 Å². The van der Waals surface area contributed by atoms with Gasteiger partial charge in [-0.25, -0.2) is 9.50 Å². The predicted molar refractivity (Wildman–Crippen MR) is 158 cm³/mol. The number of anilines is 3. The minimum Gasteiger partial charge on any atom is -0.491 e. The van der Waals surface area contributed by atoms with Crippen molar-refractivity contribution in [1.82, 2.24) is 19.6 Å². The van der Waals surface area contributed by atoms with Gasteiger partial charge in [0.1, 0.15) is 18.4 Å². The van der Waals surface area contributed by atoms with E-state index in [1.807, 2.05) is 49.5 Å². The zero-order chi connectivity index (χ0) is 28.1. The summed E-state index contributed by atoms with van der Waals surface area (Å²) in [6.45, 7) is 4.03. The van der Waals surface area contributed by atoms with E-state index < -0.39 is 0 Å². The first-order valence-corrected chi connectivity index (χ1v) is 12.9. The SMILES string of the molecule is CCC=C(Nc1ccc(C=O)c(C)c1)c1cccc(-c2cc(Nc3ccc(OC)c(OC)n3)c3ncnn3c2)c1. The van der Waals surface area contributed by atoms with Crippen LogP contribution in [0.4, 0.5) is 17.2 Å². The summed E-state index contributed by atoms with van der Waals surface area (Å²) >= 11 is 0. The lowest BCUT2D eigenvalue weighted by molar-refractivity contribution is 0.112. The highest BCUT2D eigenvalue weighted by molar-refractivity contribution is 5.84. The predicted octanol–water partition coefficient (Wildman–Crippen LogP) is 6.54. The fourth-order valence-electron chi connectivity index (χ4n) is 4.47. The van der Waals surface area contributed by atoms with Crippen LogP contribution in [0.3, 0.4) is 0 Å². The molecule has 0 saturated heterocycles. The third-order valence-electron chi connectivity index (χ3n) is 6.47. The number of ether oxygens (including phenoxy) is 2. The van der Waals surface area contributed by atoms with Gasteiger partial charge < -0.3 is 20.1 Å². The Balaban J connectivity index is 1.50. The van der Waals surface area contributed by atoms with Gasteiger partial charge in [-0.15, -0.1) is 0 Å². The van der Waals surface area contributed by atoms with Gasteiger partial charge in [0.05, 0.1) is 19.9 Å². The summed E-state index contributed by atoms with van der Waals surface area (Å²) in [5, 5.41) is 11.3. The molecule has 9 nitrogen and oxygen atoms in total. The molecule has 0 amide bonds. The minimum atomic E-state index is 0.382. The molecule has 3 heterocycles. The molecule has 0 aliphatic carbocycles. The van der Waals surface area contributed by atoms with Crippen LogP contribution in [0.15, 0.2) is 79.3 Å². The number of carbonyl (C=O) groups is 1. The Bertz CT molecular complexity index is 1710. The van der Waals surface area contributed by atoms with Crippen molar-refractivity contribution >= 4 is 34.8 Å². The quantitative estimate of drug-likeness (QED) is 0.195. The van der Waals surface area contributed by atoms with E-state index in [-0.39, 0.29) is 0 Å². The first kappa shape index (κ1) is 26.4. The van der Waals surface area contributed by atoms with Gasteiger partial charge in [-0.05, 0) is 72.5 Å². The molecular formula is C31H30N6O3. The van der Waals surface area contributed by atoms with Gasteiger partial charge in [-0.2, -0.15) is 10.1 Å². The van der Waals surface area contributed by atoms with E-state index in [2.05, 4.69) is 56.9 Å². The Morgan fingerprint density at radius 2 is 1.90 bits per heavy atom. The van der Waals surface area contributed by atoms with Crippen molar-refractivity contribution in [3.63, 3.8) is 0 Å². The van der Waals surface area contributed by atoms with Crippen molar-refractivity contribution in [3.8, 4) is 22.8 Å². The standard InChI is InChI=1S/C31H30N6O3/c1-5-7-26(34-25-11-10-23(18-38)20(2)14-25)22-9-6-8-21(15-22)24-16-27(30-32-19-33-37(30)17-24)35-29-13-12-28(39-3)31(36-29)40-4/h6-19,34H,5H2,1-4H3,(H,35,36). The van der Waals surface area contributed by atoms with Crippen LogP contribution in [-0.4, -0.2) is 40.1 Å². The van der Waals surface area contributed by atoms with Crippen LogP contribution in [0.25, 0.3) is 22.5 Å².